The Labute approximate surface area is 171 Å². The second kappa shape index (κ2) is 8.67. The second-order valence-corrected chi connectivity index (χ2v) is 7.82. The fourth-order valence-corrected chi connectivity index (χ4v) is 3.09. The number of hydrogen-bond acceptors (Lipinski definition) is 8. The Morgan fingerprint density at radius 2 is 2.00 bits per heavy atom. The lowest BCUT2D eigenvalue weighted by Crippen LogP contribution is -2.36. The maximum Gasteiger partial charge on any atom is 0.216 e. The van der Waals surface area contributed by atoms with Gasteiger partial charge in [0.15, 0.2) is 0 Å². The van der Waals surface area contributed by atoms with E-state index in [0.717, 1.165) is 24.3 Å². The number of hydrogen-bond donors (Lipinski definition) is 3. The first-order valence-corrected chi connectivity index (χ1v) is 9.61. The van der Waals surface area contributed by atoms with E-state index in [1.165, 1.54) is 0 Å². The lowest BCUT2D eigenvalue weighted by Gasteiger charge is -2.29. The van der Waals surface area contributed by atoms with E-state index in [1.54, 1.807) is 13.8 Å². The zero-order chi connectivity index (χ0) is 21.0. The van der Waals surface area contributed by atoms with Gasteiger partial charge in [0.1, 0.15) is 12.3 Å². The van der Waals surface area contributed by atoms with Gasteiger partial charge in [0, 0.05) is 36.1 Å². The molecule has 5 N–H and O–H groups in total. The first-order chi connectivity index (χ1) is 13.8. The highest BCUT2D eigenvalue weighted by atomic mass is 16.5. The van der Waals surface area contributed by atoms with Crippen molar-refractivity contribution in [2.24, 2.45) is 10.9 Å². The highest BCUT2D eigenvalue weighted by Gasteiger charge is 2.20. The molecule has 8 heteroatoms. The van der Waals surface area contributed by atoms with Gasteiger partial charge in [0.05, 0.1) is 24.5 Å². The Morgan fingerprint density at radius 1 is 1.28 bits per heavy atom. The molecule has 3 rings (SSSR count). The zero-order valence-electron chi connectivity index (χ0n) is 17.2. The normalized spacial score (nSPS) is 15.4. The molecule has 2 aromatic rings. The molecule has 1 fully saturated rings. The van der Waals surface area contributed by atoms with Crippen molar-refractivity contribution in [1.29, 1.82) is 0 Å². The number of nitrogen functional groups attached to an aromatic ring is 1. The van der Waals surface area contributed by atoms with E-state index in [0.29, 0.717) is 41.8 Å². The van der Waals surface area contributed by atoms with E-state index in [2.05, 4.69) is 15.0 Å². The summed E-state index contributed by atoms with van der Waals surface area (Å²) in [6.45, 7) is 8.27. The summed E-state index contributed by atoms with van der Waals surface area (Å²) in [6.07, 6.45) is 0. The van der Waals surface area contributed by atoms with Crippen LogP contribution in [0.15, 0.2) is 35.4 Å². The standard InChI is InChI=1S/C21H29N5O3/c1-14-4-5-17(22)16(10-14)20(25-23)18-11-15(26-6-8-28-9-7-26)12-19(24-18)29-13-21(2,3)27/h4-5,10-12,27H,6-9,13,22-23H2,1-3H3. The molecule has 1 aliphatic heterocycles. The third-order valence-corrected chi connectivity index (χ3v) is 4.57. The Bertz CT molecular complexity index is 886. The number of ether oxygens (including phenoxy) is 2. The minimum absolute atomic E-state index is 0.105. The largest absolute Gasteiger partial charge is 0.475 e. The van der Waals surface area contributed by atoms with Gasteiger partial charge >= 0.3 is 0 Å². The van der Waals surface area contributed by atoms with Crippen molar-refractivity contribution in [3.63, 3.8) is 0 Å². The highest BCUT2D eigenvalue weighted by Crippen LogP contribution is 2.26. The predicted molar refractivity (Wildman–Crippen MR) is 114 cm³/mol. The Balaban J connectivity index is 2.04. The van der Waals surface area contributed by atoms with E-state index in [-0.39, 0.29) is 6.61 Å². The van der Waals surface area contributed by atoms with Gasteiger partial charge < -0.3 is 31.1 Å². The van der Waals surface area contributed by atoms with Crippen molar-refractivity contribution >= 4 is 17.1 Å². The van der Waals surface area contributed by atoms with Crippen molar-refractivity contribution in [2.75, 3.05) is 43.5 Å². The highest BCUT2D eigenvalue weighted by molar-refractivity contribution is 6.15. The maximum absolute atomic E-state index is 10.0. The van der Waals surface area contributed by atoms with Crippen LogP contribution in [0, 0.1) is 6.92 Å². The van der Waals surface area contributed by atoms with Crippen LogP contribution >= 0.6 is 0 Å². The average molecular weight is 399 g/mol. The number of nitrogens with zero attached hydrogens (tertiary/aromatic N) is 3. The van der Waals surface area contributed by atoms with Crippen molar-refractivity contribution in [1.82, 2.24) is 4.98 Å². The minimum Gasteiger partial charge on any atom is -0.475 e. The molecule has 1 aromatic heterocycles. The van der Waals surface area contributed by atoms with Crippen LogP contribution in [0.2, 0.25) is 0 Å². The molecule has 0 radical (unpaired) electrons. The molecule has 0 aliphatic carbocycles. The van der Waals surface area contributed by atoms with Crippen molar-refractivity contribution in [3.8, 4) is 5.88 Å². The van der Waals surface area contributed by atoms with E-state index in [4.69, 9.17) is 21.1 Å². The number of nitrogens with two attached hydrogens (primary N) is 2. The molecule has 1 aromatic carbocycles. The van der Waals surface area contributed by atoms with Gasteiger partial charge in [-0.25, -0.2) is 4.98 Å². The molecule has 0 amide bonds. The topological polar surface area (TPSA) is 119 Å². The van der Waals surface area contributed by atoms with Gasteiger partial charge in [-0.1, -0.05) is 11.6 Å². The van der Waals surface area contributed by atoms with Crippen molar-refractivity contribution < 1.29 is 14.6 Å². The Kier molecular flexibility index (Phi) is 6.24. The molecule has 1 aliphatic rings. The monoisotopic (exact) mass is 399 g/mol. The van der Waals surface area contributed by atoms with Crippen LogP contribution < -0.4 is 21.2 Å². The van der Waals surface area contributed by atoms with E-state index < -0.39 is 5.60 Å². The molecular weight excluding hydrogens is 370 g/mol. The third-order valence-electron chi connectivity index (χ3n) is 4.57. The lowest BCUT2D eigenvalue weighted by molar-refractivity contribution is 0.0268. The van der Waals surface area contributed by atoms with E-state index in [9.17, 15) is 5.11 Å². The number of hydrazone groups is 1. The summed E-state index contributed by atoms with van der Waals surface area (Å²) in [6, 6.07) is 9.47. The molecule has 29 heavy (non-hydrogen) atoms. The summed E-state index contributed by atoms with van der Waals surface area (Å²) in [4.78, 5) is 6.79. The lowest BCUT2D eigenvalue weighted by atomic mass is 10.0. The van der Waals surface area contributed by atoms with Crippen LogP contribution in [0.5, 0.6) is 5.88 Å². The fourth-order valence-electron chi connectivity index (χ4n) is 3.09. The van der Waals surface area contributed by atoms with Crippen LogP contribution in [0.1, 0.15) is 30.7 Å². The number of aliphatic hydroxyl groups is 1. The molecule has 0 saturated carbocycles. The second-order valence-electron chi connectivity index (χ2n) is 7.82. The fraction of sp³-hybridized carbons (Fsp3) is 0.429. The van der Waals surface area contributed by atoms with Gasteiger partial charge in [0.25, 0.3) is 0 Å². The van der Waals surface area contributed by atoms with Crippen molar-refractivity contribution in [2.45, 2.75) is 26.4 Å². The third kappa shape index (κ3) is 5.36. The van der Waals surface area contributed by atoms with E-state index in [1.807, 2.05) is 37.3 Å². The van der Waals surface area contributed by atoms with Gasteiger partial charge in [-0.15, -0.1) is 0 Å². The van der Waals surface area contributed by atoms with Crippen LogP contribution in [0.4, 0.5) is 11.4 Å². The number of aryl methyl sites for hydroxylation is 1. The molecule has 156 valence electrons. The zero-order valence-corrected chi connectivity index (χ0v) is 17.2. The van der Waals surface area contributed by atoms with E-state index >= 15 is 0 Å². The molecular formula is C21H29N5O3. The molecule has 2 heterocycles. The number of benzene rings is 1. The summed E-state index contributed by atoms with van der Waals surface area (Å²) in [5.41, 5.74) is 9.48. The summed E-state index contributed by atoms with van der Waals surface area (Å²) in [7, 11) is 0. The van der Waals surface area contributed by atoms with Gasteiger partial charge in [-0.2, -0.15) is 5.10 Å². The Hall–Kier alpha value is -2.84. The predicted octanol–water partition coefficient (Wildman–Crippen LogP) is 1.67. The van der Waals surface area contributed by atoms with Gasteiger partial charge in [0.2, 0.25) is 5.88 Å². The molecule has 0 unspecified atom stereocenters. The maximum atomic E-state index is 10.0. The van der Waals surface area contributed by atoms with Crippen LogP contribution in [0.3, 0.4) is 0 Å². The first-order valence-electron chi connectivity index (χ1n) is 9.61. The minimum atomic E-state index is -0.984. The molecule has 0 spiro atoms. The number of rotatable bonds is 6. The first kappa shape index (κ1) is 20.9. The van der Waals surface area contributed by atoms with Crippen LogP contribution in [-0.4, -0.2) is 54.3 Å². The number of anilines is 2. The summed E-state index contributed by atoms with van der Waals surface area (Å²) < 4.78 is 11.2. The summed E-state index contributed by atoms with van der Waals surface area (Å²) in [5, 5.41) is 14.0. The van der Waals surface area contributed by atoms with Crippen LogP contribution in [-0.2, 0) is 4.74 Å². The quantitative estimate of drug-likeness (QED) is 0.292. The number of aromatic nitrogens is 1. The number of pyridine rings is 1. The smallest absolute Gasteiger partial charge is 0.216 e. The van der Waals surface area contributed by atoms with Crippen molar-refractivity contribution in [3.05, 3.63) is 47.2 Å². The molecule has 1 saturated heterocycles. The molecule has 0 atom stereocenters. The molecule has 0 bridgehead atoms. The summed E-state index contributed by atoms with van der Waals surface area (Å²) in [5.74, 6) is 6.14. The average Bonchev–Trinajstić information content (AvgIpc) is 2.70. The summed E-state index contributed by atoms with van der Waals surface area (Å²) >= 11 is 0. The van der Waals surface area contributed by atoms with Gasteiger partial charge in [-0.05, 0) is 39.0 Å². The Morgan fingerprint density at radius 3 is 2.66 bits per heavy atom. The SMILES string of the molecule is Cc1ccc(N)c(C(=NN)c2cc(N3CCOCC3)cc(OCC(C)(C)O)n2)c1. The van der Waals surface area contributed by atoms with Gasteiger partial charge in [-0.3, -0.25) is 0 Å². The molecule has 8 nitrogen and oxygen atoms in total. The van der Waals surface area contributed by atoms with Crippen LogP contribution in [0.25, 0.3) is 0 Å². The number of morpholine rings is 1.